The highest BCUT2D eigenvalue weighted by atomic mass is 32.2. The average Bonchev–Trinajstić information content (AvgIpc) is 2.91. The fourth-order valence-corrected chi connectivity index (χ4v) is 4.31. The molecular formula is C16H23N3OS. The third-order valence-electron chi connectivity index (χ3n) is 4.21. The largest absolute Gasteiger partial charge is 0.339 e. The second-order valence-electron chi connectivity index (χ2n) is 5.87. The van der Waals surface area contributed by atoms with Crippen LogP contribution in [-0.4, -0.2) is 67.8 Å². The number of likely N-dealkylation sites (N-methyl/N-ethyl adjacent to an activating group) is 1. The summed E-state index contributed by atoms with van der Waals surface area (Å²) in [6.07, 6.45) is 0. The van der Waals surface area contributed by atoms with E-state index < -0.39 is 0 Å². The Morgan fingerprint density at radius 2 is 2.14 bits per heavy atom. The molecule has 2 heterocycles. The summed E-state index contributed by atoms with van der Waals surface area (Å²) in [4.78, 5) is 17.8. The van der Waals surface area contributed by atoms with Gasteiger partial charge in [-0.15, -0.1) is 11.8 Å². The van der Waals surface area contributed by atoms with E-state index in [-0.39, 0.29) is 5.91 Å². The first kappa shape index (κ1) is 14.9. The summed E-state index contributed by atoms with van der Waals surface area (Å²) >= 11 is 1.93. The molecule has 0 saturated carbocycles. The van der Waals surface area contributed by atoms with Crippen molar-refractivity contribution < 1.29 is 4.79 Å². The molecule has 3 rings (SSSR count). The number of benzene rings is 1. The highest BCUT2D eigenvalue weighted by molar-refractivity contribution is 7.99. The Morgan fingerprint density at radius 1 is 1.38 bits per heavy atom. The second-order valence-corrected chi connectivity index (χ2v) is 6.94. The summed E-state index contributed by atoms with van der Waals surface area (Å²) in [7, 11) is 2.06. The normalized spacial score (nSPS) is 21.6. The van der Waals surface area contributed by atoms with E-state index in [2.05, 4.69) is 41.5 Å². The van der Waals surface area contributed by atoms with Crippen LogP contribution in [0.15, 0.2) is 29.2 Å². The number of nitrogens with zero attached hydrogens (tertiary/aromatic N) is 2. The highest BCUT2D eigenvalue weighted by Gasteiger charge is 2.25. The molecule has 21 heavy (non-hydrogen) atoms. The average molecular weight is 305 g/mol. The van der Waals surface area contributed by atoms with E-state index in [1.807, 2.05) is 16.7 Å². The van der Waals surface area contributed by atoms with E-state index in [0.29, 0.717) is 12.5 Å². The number of rotatable bonds is 4. The zero-order valence-electron chi connectivity index (χ0n) is 12.5. The summed E-state index contributed by atoms with van der Waals surface area (Å²) in [6, 6.07) is 8.65. The smallest absolute Gasteiger partial charge is 0.236 e. The third kappa shape index (κ3) is 3.59. The summed E-state index contributed by atoms with van der Waals surface area (Å²) in [6.45, 7) is 5.01. The Hall–Kier alpha value is -1.04. The Bertz CT molecular complexity index is 502. The fourth-order valence-electron chi connectivity index (χ4n) is 3.07. The number of hydrogen-bond acceptors (Lipinski definition) is 4. The van der Waals surface area contributed by atoms with Crippen molar-refractivity contribution in [3.8, 4) is 0 Å². The molecule has 0 aromatic heterocycles. The first-order valence-corrected chi connectivity index (χ1v) is 8.61. The number of carbonyl (C=O) groups is 1. The predicted molar refractivity (Wildman–Crippen MR) is 86.9 cm³/mol. The minimum absolute atomic E-state index is 0.262. The molecule has 114 valence electrons. The van der Waals surface area contributed by atoms with Gasteiger partial charge in [-0.1, -0.05) is 18.2 Å². The minimum atomic E-state index is 0.262. The maximum absolute atomic E-state index is 12.3. The SMILES string of the molecule is CN(CC(=O)N1CCNCC1)CC1CSc2ccccc21. The van der Waals surface area contributed by atoms with Gasteiger partial charge in [0.2, 0.25) is 5.91 Å². The fraction of sp³-hybridized carbons (Fsp3) is 0.562. The first-order chi connectivity index (χ1) is 10.2. The molecule has 0 aliphatic carbocycles. The zero-order chi connectivity index (χ0) is 14.7. The molecule has 1 aromatic carbocycles. The number of amides is 1. The van der Waals surface area contributed by atoms with Gasteiger partial charge in [-0.05, 0) is 18.7 Å². The van der Waals surface area contributed by atoms with Gasteiger partial charge in [-0.2, -0.15) is 0 Å². The maximum Gasteiger partial charge on any atom is 0.236 e. The Kier molecular flexibility index (Phi) is 4.83. The molecule has 1 amide bonds. The molecule has 1 aromatic rings. The number of fused-ring (bicyclic) bond motifs is 1. The molecule has 0 spiro atoms. The van der Waals surface area contributed by atoms with E-state index in [1.165, 1.54) is 10.5 Å². The predicted octanol–water partition coefficient (Wildman–Crippen LogP) is 1.24. The molecule has 1 atom stereocenters. The number of thioether (sulfide) groups is 1. The minimum Gasteiger partial charge on any atom is -0.339 e. The molecule has 2 aliphatic heterocycles. The quantitative estimate of drug-likeness (QED) is 0.908. The van der Waals surface area contributed by atoms with E-state index >= 15 is 0 Å². The summed E-state index contributed by atoms with van der Waals surface area (Å²) < 4.78 is 0. The molecule has 1 saturated heterocycles. The van der Waals surface area contributed by atoms with Gasteiger partial charge in [-0.25, -0.2) is 0 Å². The lowest BCUT2D eigenvalue weighted by Crippen LogP contribution is -2.49. The molecule has 1 unspecified atom stereocenters. The van der Waals surface area contributed by atoms with Gasteiger partial charge in [0.05, 0.1) is 6.54 Å². The molecule has 5 heteroatoms. The summed E-state index contributed by atoms with van der Waals surface area (Å²) in [5, 5.41) is 3.28. The van der Waals surface area contributed by atoms with Gasteiger partial charge in [0, 0.05) is 49.3 Å². The Balaban J connectivity index is 1.52. The van der Waals surface area contributed by atoms with Crippen molar-refractivity contribution in [1.82, 2.24) is 15.1 Å². The second kappa shape index (κ2) is 6.81. The van der Waals surface area contributed by atoms with Crippen LogP contribution >= 0.6 is 11.8 Å². The number of hydrogen-bond donors (Lipinski definition) is 1. The van der Waals surface area contributed by atoms with Crippen LogP contribution in [0, 0.1) is 0 Å². The van der Waals surface area contributed by atoms with Crippen LogP contribution in [0.25, 0.3) is 0 Å². The number of carbonyl (C=O) groups excluding carboxylic acids is 1. The number of nitrogens with one attached hydrogen (secondary N) is 1. The van der Waals surface area contributed by atoms with Crippen molar-refractivity contribution >= 4 is 17.7 Å². The van der Waals surface area contributed by atoms with Crippen LogP contribution < -0.4 is 5.32 Å². The van der Waals surface area contributed by atoms with Gasteiger partial charge in [0.15, 0.2) is 0 Å². The van der Waals surface area contributed by atoms with Crippen molar-refractivity contribution in [3.05, 3.63) is 29.8 Å². The van der Waals surface area contributed by atoms with Gasteiger partial charge >= 0.3 is 0 Å². The Morgan fingerprint density at radius 3 is 2.95 bits per heavy atom. The van der Waals surface area contributed by atoms with Gasteiger partial charge < -0.3 is 10.2 Å². The molecule has 0 radical (unpaired) electrons. The lowest BCUT2D eigenvalue weighted by molar-refractivity contribution is -0.132. The molecule has 1 fully saturated rings. The molecule has 2 aliphatic rings. The van der Waals surface area contributed by atoms with Crippen molar-refractivity contribution in [1.29, 1.82) is 0 Å². The van der Waals surface area contributed by atoms with Crippen molar-refractivity contribution in [3.63, 3.8) is 0 Å². The summed E-state index contributed by atoms with van der Waals surface area (Å²) in [5.41, 5.74) is 1.45. The van der Waals surface area contributed by atoms with Crippen LogP contribution in [0.5, 0.6) is 0 Å². The van der Waals surface area contributed by atoms with E-state index in [9.17, 15) is 4.79 Å². The Labute approximate surface area is 130 Å². The van der Waals surface area contributed by atoms with Crippen molar-refractivity contribution in [2.24, 2.45) is 0 Å². The van der Waals surface area contributed by atoms with E-state index in [1.54, 1.807) is 0 Å². The van der Waals surface area contributed by atoms with E-state index in [4.69, 9.17) is 0 Å². The van der Waals surface area contributed by atoms with Crippen LogP contribution in [0.1, 0.15) is 11.5 Å². The van der Waals surface area contributed by atoms with Gasteiger partial charge in [-0.3, -0.25) is 9.69 Å². The van der Waals surface area contributed by atoms with Gasteiger partial charge in [0.1, 0.15) is 0 Å². The summed E-state index contributed by atoms with van der Waals surface area (Å²) in [5.74, 6) is 1.94. The lowest BCUT2D eigenvalue weighted by atomic mass is 10.0. The monoisotopic (exact) mass is 305 g/mol. The third-order valence-corrected chi connectivity index (χ3v) is 5.46. The van der Waals surface area contributed by atoms with Crippen LogP contribution in [-0.2, 0) is 4.79 Å². The first-order valence-electron chi connectivity index (χ1n) is 7.63. The zero-order valence-corrected chi connectivity index (χ0v) is 13.4. The molecule has 4 nitrogen and oxygen atoms in total. The van der Waals surface area contributed by atoms with Crippen molar-refractivity contribution in [2.45, 2.75) is 10.8 Å². The molecule has 1 N–H and O–H groups in total. The topological polar surface area (TPSA) is 35.6 Å². The standard InChI is InChI=1S/C16H23N3OS/c1-18(11-16(20)19-8-6-17-7-9-19)10-13-12-21-15-5-3-2-4-14(13)15/h2-5,13,17H,6-12H2,1H3. The molecule has 0 bridgehead atoms. The van der Waals surface area contributed by atoms with Crippen LogP contribution in [0.2, 0.25) is 0 Å². The van der Waals surface area contributed by atoms with Crippen LogP contribution in [0.3, 0.4) is 0 Å². The maximum atomic E-state index is 12.3. The lowest BCUT2D eigenvalue weighted by Gasteiger charge is -2.30. The number of piperazine rings is 1. The van der Waals surface area contributed by atoms with Crippen LogP contribution in [0.4, 0.5) is 0 Å². The van der Waals surface area contributed by atoms with Gasteiger partial charge in [0.25, 0.3) is 0 Å². The molecular weight excluding hydrogens is 282 g/mol. The highest BCUT2D eigenvalue weighted by Crippen LogP contribution is 2.39. The van der Waals surface area contributed by atoms with E-state index in [0.717, 1.165) is 38.5 Å². The van der Waals surface area contributed by atoms with Crippen molar-refractivity contribution in [2.75, 3.05) is 52.1 Å².